The Morgan fingerprint density at radius 3 is 2.60 bits per heavy atom. The average molecular weight is 206 g/mol. The smallest absolute Gasteiger partial charge is 0.417 e. The van der Waals surface area contributed by atoms with Gasteiger partial charge in [0.05, 0.1) is 5.56 Å². The maximum absolute atomic E-state index is 10.8. The quantitative estimate of drug-likeness (QED) is 0.732. The average Bonchev–Trinajstić information content (AvgIpc) is 2.59. The van der Waals surface area contributed by atoms with Crippen LogP contribution in [0, 0.1) is 0 Å². The van der Waals surface area contributed by atoms with Crippen LogP contribution in [0.15, 0.2) is 24.5 Å². The zero-order valence-electron chi connectivity index (χ0n) is 7.41. The molecule has 0 aliphatic carbocycles. The summed E-state index contributed by atoms with van der Waals surface area (Å²) in [7, 11) is 0. The minimum absolute atomic E-state index is 0.0417. The molecule has 0 aliphatic heterocycles. The lowest BCUT2D eigenvalue weighted by Gasteiger charge is -1.98. The van der Waals surface area contributed by atoms with Gasteiger partial charge in [0.15, 0.2) is 0 Å². The van der Waals surface area contributed by atoms with E-state index in [4.69, 9.17) is 10.2 Å². The first kappa shape index (κ1) is 9.20. The number of hydrogen-bond donors (Lipinski definition) is 2. The van der Waals surface area contributed by atoms with Gasteiger partial charge in [-0.05, 0) is 12.1 Å². The van der Waals surface area contributed by atoms with Crippen molar-refractivity contribution in [2.24, 2.45) is 0 Å². The van der Waals surface area contributed by atoms with E-state index in [2.05, 4.69) is 4.98 Å². The zero-order chi connectivity index (χ0) is 11.0. The van der Waals surface area contributed by atoms with Crippen LogP contribution in [0.25, 0.3) is 11.0 Å². The fraction of sp³-hybridized carbons (Fsp3) is 0. The lowest BCUT2D eigenvalue weighted by atomic mass is 10.2. The van der Waals surface area contributed by atoms with Gasteiger partial charge < -0.3 is 10.2 Å². The van der Waals surface area contributed by atoms with Crippen LogP contribution < -0.4 is 0 Å². The van der Waals surface area contributed by atoms with Gasteiger partial charge in [0.2, 0.25) is 0 Å². The van der Waals surface area contributed by atoms with Crippen LogP contribution in [0.2, 0.25) is 0 Å². The Hall–Kier alpha value is -2.37. The normalized spacial score (nSPS) is 10.4. The van der Waals surface area contributed by atoms with Crippen LogP contribution in [0.5, 0.6) is 0 Å². The van der Waals surface area contributed by atoms with Crippen molar-refractivity contribution in [1.29, 1.82) is 0 Å². The molecule has 0 aromatic carbocycles. The van der Waals surface area contributed by atoms with E-state index in [0.717, 1.165) is 4.57 Å². The molecule has 0 spiro atoms. The highest BCUT2D eigenvalue weighted by molar-refractivity contribution is 6.03. The molecule has 0 amide bonds. The molecular weight excluding hydrogens is 200 g/mol. The van der Waals surface area contributed by atoms with Crippen LogP contribution in [-0.4, -0.2) is 31.8 Å². The van der Waals surface area contributed by atoms with Gasteiger partial charge in [0.25, 0.3) is 0 Å². The summed E-state index contributed by atoms with van der Waals surface area (Å²) < 4.78 is 0.877. The van der Waals surface area contributed by atoms with Crippen LogP contribution in [-0.2, 0) is 0 Å². The minimum Gasteiger partial charge on any atom is -0.478 e. The van der Waals surface area contributed by atoms with Gasteiger partial charge in [-0.2, -0.15) is 0 Å². The molecule has 0 unspecified atom stereocenters. The van der Waals surface area contributed by atoms with Crippen molar-refractivity contribution in [2.75, 3.05) is 0 Å². The van der Waals surface area contributed by atoms with E-state index < -0.39 is 12.1 Å². The van der Waals surface area contributed by atoms with Crippen LogP contribution in [0.3, 0.4) is 0 Å². The van der Waals surface area contributed by atoms with E-state index >= 15 is 0 Å². The molecule has 2 heterocycles. The molecule has 0 aliphatic rings. The third kappa shape index (κ3) is 1.32. The van der Waals surface area contributed by atoms with E-state index in [1.165, 1.54) is 24.5 Å². The van der Waals surface area contributed by atoms with Crippen molar-refractivity contribution in [3.8, 4) is 0 Å². The van der Waals surface area contributed by atoms with Gasteiger partial charge in [-0.3, -0.25) is 0 Å². The molecule has 0 bridgehead atoms. The maximum Gasteiger partial charge on any atom is 0.417 e. The largest absolute Gasteiger partial charge is 0.478 e. The van der Waals surface area contributed by atoms with Crippen LogP contribution >= 0.6 is 0 Å². The van der Waals surface area contributed by atoms with Crippen molar-refractivity contribution in [3.05, 3.63) is 30.1 Å². The number of carboxylic acid groups (broad SMARTS) is 2. The second-order valence-corrected chi connectivity index (χ2v) is 2.87. The predicted molar refractivity (Wildman–Crippen MR) is 50.1 cm³/mol. The number of rotatable bonds is 1. The highest BCUT2D eigenvalue weighted by Gasteiger charge is 2.14. The first-order chi connectivity index (χ1) is 7.11. The summed E-state index contributed by atoms with van der Waals surface area (Å²) in [6.45, 7) is 0. The Morgan fingerprint density at radius 2 is 2.00 bits per heavy atom. The van der Waals surface area contributed by atoms with E-state index in [-0.39, 0.29) is 11.2 Å². The van der Waals surface area contributed by atoms with Gasteiger partial charge in [0, 0.05) is 17.8 Å². The first-order valence-corrected chi connectivity index (χ1v) is 4.04. The molecule has 15 heavy (non-hydrogen) atoms. The highest BCUT2D eigenvalue weighted by Crippen LogP contribution is 2.17. The zero-order valence-corrected chi connectivity index (χ0v) is 7.41. The van der Waals surface area contributed by atoms with Gasteiger partial charge in [-0.1, -0.05) is 0 Å². The molecule has 2 aromatic heterocycles. The molecule has 0 fully saturated rings. The molecule has 0 atom stereocenters. The van der Waals surface area contributed by atoms with E-state index in [0.29, 0.717) is 5.39 Å². The summed E-state index contributed by atoms with van der Waals surface area (Å²) in [5.74, 6) is -1.11. The Bertz CT molecular complexity index is 558. The number of aromatic carboxylic acids is 1. The number of aromatic nitrogens is 2. The van der Waals surface area contributed by atoms with E-state index in [1.807, 2.05) is 0 Å². The number of hydrogen-bond acceptors (Lipinski definition) is 3. The molecule has 76 valence electrons. The fourth-order valence-electron chi connectivity index (χ4n) is 1.38. The second-order valence-electron chi connectivity index (χ2n) is 2.87. The second kappa shape index (κ2) is 3.09. The third-order valence-electron chi connectivity index (χ3n) is 2.02. The summed E-state index contributed by atoms with van der Waals surface area (Å²) >= 11 is 0. The number of nitrogens with zero attached hydrogens (tertiary/aromatic N) is 2. The Morgan fingerprint density at radius 1 is 1.27 bits per heavy atom. The van der Waals surface area contributed by atoms with Gasteiger partial charge >= 0.3 is 12.1 Å². The third-order valence-corrected chi connectivity index (χ3v) is 2.02. The minimum atomic E-state index is -1.19. The van der Waals surface area contributed by atoms with Gasteiger partial charge in [-0.15, -0.1) is 0 Å². The van der Waals surface area contributed by atoms with Crippen molar-refractivity contribution in [3.63, 3.8) is 0 Å². The molecule has 2 N–H and O–H groups in total. The Kier molecular flexibility index (Phi) is 1.89. The fourth-order valence-corrected chi connectivity index (χ4v) is 1.38. The lowest BCUT2D eigenvalue weighted by molar-refractivity contribution is 0.0699. The molecule has 6 nitrogen and oxygen atoms in total. The van der Waals surface area contributed by atoms with E-state index in [9.17, 15) is 9.59 Å². The summed E-state index contributed by atoms with van der Waals surface area (Å²) in [6.07, 6.45) is 1.34. The standard InChI is InChI=1S/C9H6N2O4/c12-8(13)6-1-3-10-7-5(6)2-4-11(7)9(14)15/h1-4H,(H,12,13)(H,14,15). The first-order valence-electron chi connectivity index (χ1n) is 4.04. The van der Waals surface area contributed by atoms with Crippen LogP contribution in [0.1, 0.15) is 10.4 Å². The molecule has 2 rings (SSSR count). The summed E-state index contributed by atoms with van der Waals surface area (Å²) in [4.78, 5) is 25.4. The topological polar surface area (TPSA) is 92.4 Å². The maximum atomic E-state index is 10.8. The molecule has 0 saturated carbocycles. The lowest BCUT2D eigenvalue weighted by Crippen LogP contribution is -2.07. The summed E-state index contributed by atoms with van der Waals surface area (Å²) in [6, 6.07) is 2.75. The molecule has 6 heteroatoms. The van der Waals surface area contributed by atoms with Crippen molar-refractivity contribution < 1.29 is 19.8 Å². The number of pyridine rings is 1. The number of carboxylic acids is 1. The van der Waals surface area contributed by atoms with Crippen LogP contribution in [0.4, 0.5) is 4.79 Å². The molecular formula is C9H6N2O4. The van der Waals surface area contributed by atoms with E-state index in [1.54, 1.807) is 0 Å². The van der Waals surface area contributed by atoms with Gasteiger partial charge in [-0.25, -0.2) is 19.1 Å². The SMILES string of the molecule is O=C(O)c1ccnc2c1ccn2C(=O)O. The summed E-state index contributed by atoms with van der Waals surface area (Å²) in [5, 5.41) is 17.9. The monoisotopic (exact) mass is 206 g/mol. The van der Waals surface area contributed by atoms with Gasteiger partial charge in [0.1, 0.15) is 5.65 Å². The summed E-state index contributed by atoms with van der Waals surface area (Å²) in [5.41, 5.74) is 0.169. The van der Waals surface area contributed by atoms with Crippen molar-refractivity contribution in [2.45, 2.75) is 0 Å². The molecule has 0 saturated heterocycles. The van der Waals surface area contributed by atoms with Crippen molar-refractivity contribution in [1.82, 2.24) is 9.55 Å². The Balaban J connectivity index is 2.80. The van der Waals surface area contributed by atoms with Crippen molar-refractivity contribution >= 4 is 23.1 Å². The highest BCUT2D eigenvalue weighted by atomic mass is 16.4. The Labute approximate surface area is 83.4 Å². The predicted octanol–water partition coefficient (Wildman–Crippen LogP) is 1.26. The molecule has 0 radical (unpaired) electrons. The molecule has 2 aromatic rings. The number of carbonyl (C=O) groups is 2. The number of fused-ring (bicyclic) bond motifs is 1.